The molecule has 1 aliphatic rings. The van der Waals surface area contributed by atoms with Crippen molar-refractivity contribution in [1.82, 2.24) is 4.57 Å². The number of carbonyl (C=O) groups excluding carboxylic acids is 1. The van der Waals surface area contributed by atoms with Gasteiger partial charge in [0.05, 0.1) is 35.6 Å². The lowest BCUT2D eigenvalue weighted by molar-refractivity contribution is -0.139. The predicted molar refractivity (Wildman–Crippen MR) is 155 cm³/mol. The first kappa shape index (κ1) is 24.8. The van der Waals surface area contributed by atoms with Gasteiger partial charge in [0, 0.05) is 5.56 Å². The Bertz CT molecular complexity index is 1980. The van der Waals surface area contributed by atoms with Gasteiger partial charge >= 0.3 is 5.97 Å². The van der Waals surface area contributed by atoms with E-state index in [0.717, 1.165) is 32.7 Å². The molecular weight excluding hydrogens is 508 g/mol. The minimum Gasteiger partial charge on any atom is -0.496 e. The maximum atomic E-state index is 14.2. The first-order valence-electron chi connectivity index (χ1n) is 12.7. The number of benzene rings is 4. The van der Waals surface area contributed by atoms with Gasteiger partial charge in [0.15, 0.2) is 4.80 Å². The zero-order valence-electron chi connectivity index (χ0n) is 21.8. The Morgan fingerprint density at radius 2 is 1.67 bits per heavy atom. The SMILES string of the molecule is CCOC(=O)C1=C(C)N=c2s/c(=C\c3c(OC)ccc4ccccc34)c(=O)n2[C@@H]1c1cccc2ccccc12. The number of rotatable bonds is 5. The number of nitrogens with zero attached hydrogens (tertiary/aromatic N) is 2. The quantitative estimate of drug-likeness (QED) is 0.294. The summed E-state index contributed by atoms with van der Waals surface area (Å²) in [5.74, 6) is 0.204. The Hall–Kier alpha value is -4.49. The number of ether oxygens (including phenoxy) is 2. The number of esters is 1. The Morgan fingerprint density at radius 3 is 2.41 bits per heavy atom. The second-order valence-corrected chi connectivity index (χ2v) is 10.3. The van der Waals surface area contributed by atoms with E-state index in [1.807, 2.05) is 84.9 Å². The average Bonchev–Trinajstić information content (AvgIpc) is 3.26. The van der Waals surface area contributed by atoms with Gasteiger partial charge in [0.25, 0.3) is 5.56 Å². The fourth-order valence-corrected chi connectivity index (χ4v) is 6.34. The van der Waals surface area contributed by atoms with Crippen molar-refractivity contribution in [3.05, 3.63) is 121 Å². The maximum absolute atomic E-state index is 14.2. The fourth-order valence-electron chi connectivity index (χ4n) is 5.31. The molecule has 0 unspecified atom stereocenters. The van der Waals surface area contributed by atoms with Crippen LogP contribution in [0.25, 0.3) is 27.6 Å². The molecule has 0 fully saturated rings. The monoisotopic (exact) mass is 534 g/mol. The molecule has 0 spiro atoms. The summed E-state index contributed by atoms with van der Waals surface area (Å²) < 4.78 is 13.3. The van der Waals surface area contributed by atoms with Crippen molar-refractivity contribution in [3.8, 4) is 5.75 Å². The number of thiazole rings is 1. The average molecular weight is 535 g/mol. The molecule has 194 valence electrons. The lowest BCUT2D eigenvalue weighted by atomic mass is 9.91. The summed E-state index contributed by atoms with van der Waals surface area (Å²) in [7, 11) is 1.62. The van der Waals surface area contributed by atoms with Crippen LogP contribution < -0.4 is 19.6 Å². The van der Waals surface area contributed by atoms with Crippen LogP contribution in [0, 0.1) is 0 Å². The van der Waals surface area contributed by atoms with E-state index in [9.17, 15) is 9.59 Å². The minimum atomic E-state index is -0.678. The highest BCUT2D eigenvalue weighted by atomic mass is 32.1. The van der Waals surface area contributed by atoms with Crippen LogP contribution in [0.15, 0.2) is 99.9 Å². The zero-order chi connectivity index (χ0) is 27.1. The molecule has 2 heterocycles. The second kappa shape index (κ2) is 10.0. The van der Waals surface area contributed by atoms with Crippen LogP contribution in [0.2, 0.25) is 0 Å². The molecule has 1 atom stereocenters. The molecule has 6 nitrogen and oxygen atoms in total. The summed E-state index contributed by atoms with van der Waals surface area (Å²) in [5.41, 5.74) is 2.36. The largest absolute Gasteiger partial charge is 0.496 e. The van der Waals surface area contributed by atoms with E-state index >= 15 is 0 Å². The van der Waals surface area contributed by atoms with Gasteiger partial charge in [0.1, 0.15) is 5.75 Å². The van der Waals surface area contributed by atoms with Gasteiger partial charge in [-0.25, -0.2) is 9.79 Å². The summed E-state index contributed by atoms with van der Waals surface area (Å²) >= 11 is 1.31. The van der Waals surface area contributed by atoms with Gasteiger partial charge in [-0.1, -0.05) is 84.1 Å². The Labute approximate surface area is 228 Å². The molecule has 39 heavy (non-hydrogen) atoms. The molecule has 4 aromatic carbocycles. The third-order valence-corrected chi connectivity index (χ3v) is 8.04. The second-order valence-electron chi connectivity index (χ2n) is 9.27. The Balaban J connectivity index is 1.66. The van der Waals surface area contributed by atoms with E-state index in [-0.39, 0.29) is 12.2 Å². The number of fused-ring (bicyclic) bond motifs is 3. The number of hydrogen-bond acceptors (Lipinski definition) is 6. The highest BCUT2D eigenvalue weighted by Crippen LogP contribution is 2.35. The highest BCUT2D eigenvalue weighted by molar-refractivity contribution is 7.07. The van der Waals surface area contributed by atoms with Gasteiger partial charge in [-0.3, -0.25) is 9.36 Å². The number of methoxy groups -OCH3 is 1. The standard InChI is InChI=1S/C32H26N2O4S/c1-4-38-31(36)28-19(2)33-32-34(29(28)24-15-9-12-20-10-5-7-13-22(20)24)30(35)27(39-32)18-25-23-14-8-6-11-21(23)16-17-26(25)37-3/h5-18,29H,4H2,1-3H3/b27-18-/t29-/m1/s1. The summed E-state index contributed by atoms with van der Waals surface area (Å²) in [4.78, 5) is 32.7. The molecular formula is C32H26N2O4S. The first-order chi connectivity index (χ1) is 19.0. The van der Waals surface area contributed by atoms with E-state index in [0.29, 0.717) is 26.4 Å². The highest BCUT2D eigenvalue weighted by Gasteiger charge is 2.34. The topological polar surface area (TPSA) is 69.9 Å². The van der Waals surface area contributed by atoms with Gasteiger partial charge < -0.3 is 9.47 Å². The first-order valence-corrected chi connectivity index (χ1v) is 13.6. The van der Waals surface area contributed by atoms with Gasteiger partial charge in [-0.15, -0.1) is 0 Å². The Morgan fingerprint density at radius 1 is 0.974 bits per heavy atom. The molecule has 0 saturated heterocycles. The number of carbonyl (C=O) groups is 1. The van der Waals surface area contributed by atoms with Crippen LogP contribution in [-0.4, -0.2) is 24.3 Å². The van der Waals surface area contributed by atoms with Crippen molar-refractivity contribution in [2.24, 2.45) is 4.99 Å². The van der Waals surface area contributed by atoms with Crippen molar-refractivity contribution in [3.63, 3.8) is 0 Å². The third kappa shape index (κ3) is 4.15. The van der Waals surface area contributed by atoms with Crippen molar-refractivity contribution in [1.29, 1.82) is 0 Å². The van der Waals surface area contributed by atoms with Gasteiger partial charge in [-0.05, 0) is 53.1 Å². The molecule has 0 radical (unpaired) electrons. The number of allylic oxidation sites excluding steroid dienone is 1. The number of hydrogen-bond donors (Lipinski definition) is 0. The van der Waals surface area contributed by atoms with E-state index in [1.165, 1.54) is 11.3 Å². The van der Waals surface area contributed by atoms with Gasteiger partial charge in [0.2, 0.25) is 0 Å². The van der Waals surface area contributed by atoms with E-state index in [1.54, 1.807) is 25.5 Å². The molecule has 6 rings (SSSR count). The normalized spacial score (nSPS) is 15.4. The van der Waals surface area contributed by atoms with E-state index in [4.69, 9.17) is 14.5 Å². The smallest absolute Gasteiger partial charge is 0.338 e. The summed E-state index contributed by atoms with van der Waals surface area (Å²) in [5, 5.41) is 4.02. The molecule has 1 aromatic heterocycles. The molecule has 0 aliphatic carbocycles. The van der Waals surface area contributed by atoms with Crippen LogP contribution in [0.4, 0.5) is 0 Å². The maximum Gasteiger partial charge on any atom is 0.338 e. The summed E-state index contributed by atoms with van der Waals surface area (Å²) in [6, 6.07) is 25.1. The number of aromatic nitrogens is 1. The molecule has 0 saturated carbocycles. The van der Waals surface area contributed by atoms with Crippen molar-refractivity contribution >= 4 is 44.9 Å². The summed E-state index contributed by atoms with van der Waals surface area (Å²) in [6.45, 7) is 3.80. The van der Waals surface area contributed by atoms with Crippen LogP contribution in [-0.2, 0) is 9.53 Å². The van der Waals surface area contributed by atoms with E-state index < -0.39 is 12.0 Å². The van der Waals surface area contributed by atoms with Gasteiger partial charge in [-0.2, -0.15) is 0 Å². The fraction of sp³-hybridized carbons (Fsp3) is 0.156. The Kier molecular flexibility index (Phi) is 6.37. The van der Waals surface area contributed by atoms with Crippen molar-refractivity contribution in [2.75, 3.05) is 13.7 Å². The molecule has 0 N–H and O–H groups in total. The molecule has 0 amide bonds. The zero-order valence-corrected chi connectivity index (χ0v) is 22.6. The molecule has 7 heteroatoms. The minimum absolute atomic E-state index is 0.221. The van der Waals surface area contributed by atoms with Crippen LogP contribution >= 0.6 is 11.3 Å². The van der Waals surface area contributed by atoms with Crippen molar-refractivity contribution in [2.45, 2.75) is 19.9 Å². The van der Waals surface area contributed by atoms with Crippen LogP contribution in [0.3, 0.4) is 0 Å². The predicted octanol–water partition coefficient (Wildman–Crippen LogP) is 5.11. The lowest BCUT2D eigenvalue weighted by Gasteiger charge is -2.25. The van der Waals surface area contributed by atoms with Crippen molar-refractivity contribution < 1.29 is 14.3 Å². The lowest BCUT2D eigenvalue weighted by Crippen LogP contribution is -2.40. The molecule has 5 aromatic rings. The van der Waals surface area contributed by atoms with Crippen LogP contribution in [0.1, 0.15) is 31.0 Å². The van der Waals surface area contributed by atoms with Crippen LogP contribution in [0.5, 0.6) is 5.75 Å². The molecule has 0 bridgehead atoms. The van der Waals surface area contributed by atoms with E-state index in [2.05, 4.69) is 0 Å². The summed E-state index contributed by atoms with van der Waals surface area (Å²) in [6.07, 6.45) is 1.87. The third-order valence-electron chi connectivity index (χ3n) is 7.06. The molecule has 1 aliphatic heterocycles.